The summed E-state index contributed by atoms with van der Waals surface area (Å²) in [5.41, 5.74) is 1.64. The first-order chi connectivity index (χ1) is 13.4. The van der Waals surface area contributed by atoms with Crippen molar-refractivity contribution in [3.05, 3.63) is 60.2 Å². The van der Waals surface area contributed by atoms with Gasteiger partial charge in [-0.15, -0.1) is 0 Å². The Labute approximate surface area is 168 Å². The molecule has 1 fully saturated rings. The second kappa shape index (κ2) is 8.78. The van der Waals surface area contributed by atoms with Gasteiger partial charge in [-0.1, -0.05) is 44.2 Å². The van der Waals surface area contributed by atoms with Gasteiger partial charge >= 0.3 is 0 Å². The molecule has 1 unspecified atom stereocenters. The van der Waals surface area contributed by atoms with Crippen LogP contribution in [0.2, 0.25) is 0 Å². The van der Waals surface area contributed by atoms with Gasteiger partial charge in [0, 0.05) is 13.1 Å². The van der Waals surface area contributed by atoms with Crippen molar-refractivity contribution in [2.24, 2.45) is 5.92 Å². The van der Waals surface area contributed by atoms with Crippen LogP contribution >= 0.6 is 0 Å². The molecule has 0 saturated carbocycles. The van der Waals surface area contributed by atoms with Crippen molar-refractivity contribution in [3.63, 3.8) is 0 Å². The van der Waals surface area contributed by atoms with Crippen molar-refractivity contribution < 1.29 is 13.2 Å². The van der Waals surface area contributed by atoms with Crippen LogP contribution in [0.4, 0.5) is 5.69 Å². The molecule has 1 amide bonds. The fourth-order valence-corrected chi connectivity index (χ4v) is 5.01. The summed E-state index contributed by atoms with van der Waals surface area (Å²) < 4.78 is 27.9. The Balaban J connectivity index is 1.93. The lowest BCUT2D eigenvalue weighted by Gasteiger charge is -2.33. The summed E-state index contributed by atoms with van der Waals surface area (Å²) >= 11 is 0. The van der Waals surface area contributed by atoms with Crippen LogP contribution in [0.1, 0.15) is 32.3 Å². The van der Waals surface area contributed by atoms with Gasteiger partial charge in [-0.25, -0.2) is 8.42 Å². The van der Waals surface area contributed by atoms with E-state index < -0.39 is 10.0 Å². The lowest BCUT2D eigenvalue weighted by molar-refractivity contribution is -0.131. The molecule has 2 aromatic rings. The van der Waals surface area contributed by atoms with E-state index in [1.54, 1.807) is 47.4 Å². The van der Waals surface area contributed by atoms with Crippen molar-refractivity contribution in [2.75, 3.05) is 23.9 Å². The first kappa shape index (κ1) is 20.4. The third-order valence-electron chi connectivity index (χ3n) is 5.25. The van der Waals surface area contributed by atoms with Gasteiger partial charge in [0.2, 0.25) is 5.91 Å². The topological polar surface area (TPSA) is 57.7 Å². The number of amides is 1. The maximum Gasteiger partial charge on any atom is 0.264 e. The van der Waals surface area contributed by atoms with Crippen molar-refractivity contribution in [1.82, 2.24) is 4.90 Å². The van der Waals surface area contributed by atoms with E-state index >= 15 is 0 Å². The standard InChI is InChI=1S/C22H28N2O3S/c1-3-19-11-13-20(14-12-19)24(28(26,27)21-9-5-4-6-10-21)17-22(25)23-15-7-8-18(2)16-23/h4-6,9-14,18H,3,7-8,15-17H2,1-2H3. The van der Waals surface area contributed by atoms with Crippen molar-refractivity contribution in [1.29, 1.82) is 0 Å². The lowest BCUT2D eigenvalue weighted by Crippen LogP contribution is -2.46. The molecular weight excluding hydrogens is 372 g/mol. The fraction of sp³-hybridized carbons (Fsp3) is 0.409. The highest BCUT2D eigenvalue weighted by molar-refractivity contribution is 7.92. The van der Waals surface area contributed by atoms with E-state index in [2.05, 4.69) is 13.8 Å². The van der Waals surface area contributed by atoms with E-state index in [9.17, 15) is 13.2 Å². The van der Waals surface area contributed by atoms with E-state index in [4.69, 9.17) is 0 Å². The average molecular weight is 401 g/mol. The van der Waals surface area contributed by atoms with Gasteiger partial charge in [0.05, 0.1) is 10.6 Å². The molecule has 28 heavy (non-hydrogen) atoms. The van der Waals surface area contributed by atoms with E-state index in [0.717, 1.165) is 24.8 Å². The van der Waals surface area contributed by atoms with Gasteiger partial charge < -0.3 is 4.90 Å². The molecule has 1 heterocycles. The molecular formula is C22H28N2O3S. The van der Waals surface area contributed by atoms with Crippen LogP contribution in [0.5, 0.6) is 0 Å². The van der Waals surface area contributed by atoms with Crippen LogP contribution in [-0.2, 0) is 21.2 Å². The van der Waals surface area contributed by atoms with Crippen molar-refractivity contribution in [3.8, 4) is 0 Å². The number of sulfonamides is 1. The monoisotopic (exact) mass is 400 g/mol. The van der Waals surface area contributed by atoms with E-state index in [1.807, 2.05) is 12.1 Å². The molecule has 6 heteroatoms. The number of hydrogen-bond donors (Lipinski definition) is 0. The molecule has 0 bridgehead atoms. The maximum absolute atomic E-state index is 13.3. The number of anilines is 1. The van der Waals surface area contributed by atoms with Crippen molar-refractivity contribution in [2.45, 2.75) is 38.0 Å². The van der Waals surface area contributed by atoms with Crippen LogP contribution in [0.25, 0.3) is 0 Å². The number of carbonyl (C=O) groups is 1. The summed E-state index contributed by atoms with van der Waals surface area (Å²) in [6.07, 6.45) is 2.94. The lowest BCUT2D eigenvalue weighted by atomic mass is 10.0. The van der Waals surface area contributed by atoms with Crippen LogP contribution in [0.3, 0.4) is 0 Å². The molecule has 0 spiro atoms. The number of likely N-dealkylation sites (tertiary alicyclic amines) is 1. The van der Waals surface area contributed by atoms with Gasteiger partial charge in [-0.3, -0.25) is 9.10 Å². The molecule has 1 atom stereocenters. The number of nitrogens with zero attached hydrogens (tertiary/aromatic N) is 2. The minimum absolute atomic E-state index is 0.148. The predicted molar refractivity (Wildman–Crippen MR) is 112 cm³/mol. The minimum atomic E-state index is -3.84. The second-order valence-electron chi connectivity index (χ2n) is 7.43. The van der Waals surface area contributed by atoms with E-state index in [1.165, 1.54) is 4.31 Å². The summed E-state index contributed by atoms with van der Waals surface area (Å²) in [7, 11) is -3.84. The minimum Gasteiger partial charge on any atom is -0.341 e. The number of hydrogen-bond acceptors (Lipinski definition) is 3. The highest BCUT2D eigenvalue weighted by atomic mass is 32.2. The van der Waals surface area contributed by atoms with Crippen LogP contribution in [-0.4, -0.2) is 38.9 Å². The molecule has 1 aliphatic heterocycles. The molecule has 1 saturated heterocycles. The Morgan fingerprint density at radius 1 is 1.11 bits per heavy atom. The predicted octanol–water partition coefficient (Wildman–Crippen LogP) is 3.70. The molecule has 3 rings (SSSR count). The number of aryl methyl sites for hydroxylation is 1. The molecule has 0 N–H and O–H groups in total. The average Bonchev–Trinajstić information content (AvgIpc) is 2.72. The highest BCUT2D eigenvalue weighted by Gasteiger charge is 2.30. The fourth-order valence-electron chi connectivity index (χ4n) is 3.57. The summed E-state index contributed by atoms with van der Waals surface area (Å²) in [4.78, 5) is 14.9. The van der Waals surface area contributed by atoms with Crippen LogP contribution in [0, 0.1) is 5.92 Å². The molecule has 0 radical (unpaired) electrons. The van der Waals surface area contributed by atoms with E-state index in [-0.39, 0.29) is 17.3 Å². The number of benzene rings is 2. The number of piperidine rings is 1. The first-order valence-corrected chi connectivity index (χ1v) is 11.3. The normalized spacial score (nSPS) is 17.4. The Hall–Kier alpha value is -2.34. The van der Waals surface area contributed by atoms with Gasteiger partial charge in [0.15, 0.2) is 0 Å². The smallest absolute Gasteiger partial charge is 0.264 e. The Kier molecular flexibility index (Phi) is 6.39. The molecule has 5 nitrogen and oxygen atoms in total. The van der Waals surface area contributed by atoms with Gasteiger partial charge in [-0.05, 0) is 55.0 Å². The first-order valence-electron chi connectivity index (χ1n) is 9.86. The zero-order valence-corrected chi connectivity index (χ0v) is 17.4. The highest BCUT2D eigenvalue weighted by Crippen LogP contribution is 2.25. The Bertz CT molecular complexity index is 895. The maximum atomic E-state index is 13.3. The summed E-state index contributed by atoms with van der Waals surface area (Å²) in [6.45, 7) is 5.37. The van der Waals surface area contributed by atoms with Crippen LogP contribution < -0.4 is 4.31 Å². The quantitative estimate of drug-likeness (QED) is 0.743. The molecule has 2 aromatic carbocycles. The van der Waals surface area contributed by atoms with Gasteiger partial charge in [-0.2, -0.15) is 0 Å². The molecule has 0 aliphatic carbocycles. The Morgan fingerprint density at radius 2 is 1.79 bits per heavy atom. The summed E-state index contributed by atoms with van der Waals surface area (Å²) in [5.74, 6) is 0.298. The summed E-state index contributed by atoms with van der Waals surface area (Å²) in [6, 6.07) is 15.7. The van der Waals surface area contributed by atoms with Crippen molar-refractivity contribution >= 4 is 21.6 Å². The number of rotatable bonds is 6. The third-order valence-corrected chi connectivity index (χ3v) is 7.04. The third kappa shape index (κ3) is 4.55. The molecule has 150 valence electrons. The van der Waals surface area contributed by atoms with E-state index in [0.29, 0.717) is 24.7 Å². The zero-order valence-electron chi connectivity index (χ0n) is 16.5. The number of carbonyl (C=O) groups excluding carboxylic acids is 1. The van der Waals surface area contributed by atoms with Gasteiger partial charge in [0.1, 0.15) is 6.54 Å². The second-order valence-corrected chi connectivity index (χ2v) is 9.29. The Morgan fingerprint density at radius 3 is 2.39 bits per heavy atom. The molecule has 0 aromatic heterocycles. The van der Waals surface area contributed by atoms with Gasteiger partial charge in [0.25, 0.3) is 10.0 Å². The summed E-state index contributed by atoms with van der Waals surface area (Å²) in [5, 5.41) is 0. The zero-order chi connectivity index (χ0) is 20.1. The SMILES string of the molecule is CCc1ccc(N(CC(=O)N2CCCC(C)C2)S(=O)(=O)c2ccccc2)cc1. The largest absolute Gasteiger partial charge is 0.341 e. The molecule has 1 aliphatic rings. The van der Waals surface area contributed by atoms with Crippen LogP contribution in [0.15, 0.2) is 59.5 Å².